The molecule has 0 bridgehead atoms. The zero-order valence-electron chi connectivity index (χ0n) is 13.2. The predicted octanol–water partition coefficient (Wildman–Crippen LogP) is 1.81. The second kappa shape index (κ2) is 7.40. The lowest BCUT2D eigenvalue weighted by Crippen LogP contribution is -2.42. The number of pyridine rings is 1. The molecule has 1 unspecified atom stereocenters. The topological polar surface area (TPSA) is 100 Å². The van der Waals surface area contributed by atoms with Gasteiger partial charge in [-0.1, -0.05) is 11.6 Å². The van der Waals surface area contributed by atoms with Gasteiger partial charge >= 0.3 is 0 Å². The third kappa shape index (κ3) is 3.81. The summed E-state index contributed by atoms with van der Waals surface area (Å²) in [7, 11) is 0. The Morgan fingerprint density at radius 2 is 2.21 bits per heavy atom. The molecule has 0 amide bonds. The van der Waals surface area contributed by atoms with Crippen molar-refractivity contribution in [2.75, 3.05) is 18.5 Å². The Hall–Kier alpha value is -1.80. The van der Waals surface area contributed by atoms with E-state index in [-0.39, 0.29) is 6.04 Å². The summed E-state index contributed by atoms with van der Waals surface area (Å²) in [6.07, 6.45) is 4.16. The average molecular weight is 351 g/mol. The Balaban J connectivity index is 1.87. The molecule has 3 rings (SSSR count). The highest BCUT2D eigenvalue weighted by Crippen LogP contribution is 2.28. The van der Waals surface area contributed by atoms with Crippen LogP contribution in [-0.2, 0) is 4.74 Å². The number of nitrogens with one attached hydrogen (secondary N) is 1. The van der Waals surface area contributed by atoms with Gasteiger partial charge in [0.1, 0.15) is 0 Å². The number of rotatable bonds is 4. The van der Waals surface area contributed by atoms with E-state index in [4.69, 9.17) is 16.3 Å². The highest BCUT2D eigenvalue weighted by molar-refractivity contribution is 6.32. The molecule has 3 heterocycles. The van der Waals surface area contributed by atoms with Crippen LogP contribution >= 0.6 is 11.6 Å². The molecule has 1 fully saturated rings. The van der Waals surface area contributed by atoms with Gasteiger partial charge in [0.25, 0.3) is 0 Å². The van der Waals surface area contributed by atoms with Crippen molar-refractivity contribution in [2.45, 2.75) is 31.6 Å². The van der Waals surface area contributed by atoms with E-state index in [0.717, 1.165) is 0 Å². The Morgan fingerprint density at radius 3 is 2.96 bits per heavy atom. The van der Waals surface area contributed by atoms with Crippen LogP contribution in [0.15, 0.2) is 24.7 Å². The normalized spacial score (nSPS) is 22.2. The number of halogens is 1. The van der Waals surface area contributed by atoms with E-state index in [1.54, 1.807) is 25.4 Å². The van der Waals surface area contributed by atoms with Gasteiger partial charge in [-0.2, -0.15) is 0 Å². The average Bonchev–Trinajstić information content (AvgIpc) is 2.58. The minimum atomic E-state index is -0.631. The van der Waals surface area contributed by atoms with Crippen molar-refractivity contribution in [3.63, 3.8) is 0 Å². The van der Waals surface area contributed by atoms with Gasteiger partial charge in [0, 0.05) is 24.6 Å². The highest BCUT2D eigenvalue weighted by Gasteiger charge is 2.24. The van der Waals surface area contributed by atoms with Crippen LogP contribution in [0, 0.1) is 0 Å². The number of ether oxygens (including phenoxy) is 1. The van der Waals surface area contributed by atoms with Crippen molar-refractivity contribution in [3.05, 3.63) is 35.2 Å². The molecule has 128 valence electrons. The Morgan fingerprint density at radius 1 is 1.38 bits per heavy atom. The largest absolute Gasteiger partial charge is 0.389 e. The van der Waals surface area contributed by atoms with E-state index in [2.05, 4.69) is 20.3 Å². The van der Waals surface area contributed by atoms with Gasteiger partial charge in [-0.05, 0) is 25.0 Å². The molecule has 2 aromatic rings. The number of hydrogen-bond acceptors (Lipinski definition) is 7. The molecule has 7 nitrogen and oxygen atoms in total. The maximum atomic E-state index is 9.96. The summed E-state index contributed by atoms with van der Waals surface area (Å²) in [6.45, 7) is 2.54. The van der Waals surface area contributed by atoms with E-state index >= 15 is 0 Å². The van der Waals surface area contributed by atoms with Crippen LogP contribution < -0.4 is 5.32 Å². The summed E-state index contributed by atoms with van der Waals surface area (Å²) >= 11 is 6.22. The van der Waals surface area contributed by atoms with E-state index in [1.165, 1.54) is 6.20 Å². The van der Waals surface area contributed by atoms with Gasteiger partial charge in [0.2, 0.25) is 5.95 Å². The van der Waals surface area contributed by atoms with Gasteiger partial charge in [-0.3, -0.25) is 4.98 Å². The monoisotopic (exact) mass is 350 g/mol. The van der Waals surface area contributed by atoms with Gasteiger partial charge in [0.05, 0.1) is 41.8 Å². The maximum Gasteiger partial charge on any atom is 0.223 e. The number of aliphatic hydroxyl groups is 2. The van der Waals surface area contributed by atoms with Crippen LogP contribution in [0.2, 0.25) is 5.02 Å². The Labute approximate surface area is 144 Å². The highest BCUT2D eigenvalue weighted by atomic mass is 35.5. The number of nitrogens with zero attached hydrogens (tertiary/aromatic N) is 3. The second-order valence-electron chi connectivity index (χ2n) is 5.75. The Bertz CT molecular complexity index is 713. The number of hydrogen-bond donors (Lipinski definition) is 3. The molecular weight excluding hydrogens is 332 g/mol. The lowest BCUT2D eigenvalue weighted by molar-refractivity contribution is -0.0136. The summed E-state index contributed by atoms with van der Waals surface area (Å²) in [5.74, 6) is 0.378. The third-order valence-electron chi connectivity index (χ3n) is 3.90. The van der Waals surface area contributed by atoms with Crippen molar-refractivity contribution >= 4 is 17.5 Å². The molecule has 1 aliphatic heterocycles. The zero-order valence-corrected chi connectivity index (χ0v) is 13.9. The minimum absolute atomic E-state index is 0.172. The van der Waals surface area contributed by atoms with Crippen molar-refractivity contribution in [1.82, 2.24) is 15.0 Å². The lowest BCUT2D eigenvalue weighted by Gasteiger charge is -2.28. The molecule has 3 N–H and O–H groups in total. The fraction of sp³-hybridized carbons (Fsp3) is 0.438. The molecule has 0 aromatic carbocycles. The van der Waals surface area contributed by atoms with Crippen LogP contribution in [0.3, 0.4) is 0 Å². The quantitative estimate of drug-likeness (QED) is 0.773. The van der Waals surface area contributed by atoms with E-state index < -0.39 is 12.2 Å². The summed E-state index contributed by atoms with van der Waals surface area (Å²) in [5.41, 5.74) is 1.89. The van der Waals surface area contributed by atoms with E-state index in [0.29, 0.717) is 47.4 Å². The second-order valence-corrected chi connectivity index (χ2v) is 6.16. The molecule has 3 atom stereocenters. The first kappa shape index (κ1) is 17.0. The summed E-state index contributed by atoms with van der Waals surface area (Å²) in [5, 5.41) is 23.2. The lowest BCUT2D eigenvalue weighted by atomic mass is 10.1. The van der Waals surface area contributed by atoms with Crippen molar-refractivity contribution < 1.29 is 14.9 Å². The number of anilines is 1. The standard InChI is InChI=1S/C16H19ClN4O3/c1-9(22)10-4-11(6-18-5-10)15-12(17)7-19-16(21-15)20-13-2-3-24-8-14(13)23/h4-7,9,13-14,22-23H,2-3,8H2,1H3,(H,19,20,21)/t9?,13-,14-/m1/s1. The molecule has 1 aliphatic rings. The molecule has 0 saturated carbocycles. The van der Waals surface area contributed by atoms with Crippen LogP contribution in [0.4, 0.5) is 5.95 Å². The van der Waals surface area contributed by atoms with E-state index in [1.807, 2.05) is 0 Å². The fourth-order valence-corrected chi connectivity index (χ4v) is 2.71. The minimum Gasteiger partial charge on any atom is -0.389 e. The van der Waals surface area contributed by atoms with Crippen LogP contribution in [0.1, 0.15) is 25.0 Å². The SMILES string of the molecule is CC(O)c1cncc(-c2nc(N[C@@H]3CCOC[C@H]3O)ncc2Cl)c1. The first-order valence-corrected chi connectivity index (χ1v) is 8.10. The molecule has 24 heavy (non-hydrogen) atoms. The molecule has 1 saturated heterocycles. The van der Waals surface area contributed by atoms with Crippen LogP contribution in [-0.4, -0.2) is 50.5 Å². The van der Waals surface area contributed by atoms with Gasteiger partial charge in [-0.15, -0.1) is 0 Å². The van der Waals surface area contributed by atoms with Crippen LogP contribution in [0.5, 0.6) is 0 Å². The van der Waals surface area contributed by atoms with Crippen molar-refractivity contribution in [2.24, 2.45) is 0 Å². The molecular formula is C16H19ClN4O3. The molecule has 0 aliphatic carbocycles. The molecule has 0 spiro atoms. The smallest absolute Gasteiger partial charge is 0.223 e. The summed E-state index contributed by atoms with van der Waals surface area (Å²) < 4.78 is 5.21. The van der Waals surface area contributed by atoms with Gasteiger partial charge in [-0.25, -0.2) is 9.97 Å². The maximum absolute atomic E-state index is 9.96. The zero-order chi connectivity index (χ0) is 17.1. The molecule has 8 heteroatoms. The molecule has 2 aromatic heterocycles. The van der Waals surface area contributed by atoms with Gasteiger partial charge in [0.15, 0.2) is 0 Å². The van der Waals surface area contributed by atoms with Crippen molar-refractivity contribution in [3.8, 4) is 11.3 Å². The summed E-state index contributed by atoms with van der Waals surface area (Å²) in [6, 6.07) is 1.62. The predicted molar refractivity (Wildman–Crippen MR) is 89.8 cm³/mol. The first-order valence-electron chi connectivity index (χ1n) is 7.73. The van der Waals surface area contributed by atoms with Crippen molar-refractivity contribution in [1.29, 1.82) is 0 Å². The molecule has 0 radical (unpaired) electrons. The van der Waals surface area contributed by atoms with E-state index in [9.17, 15) is 10.2 Å². The van der Waals surface area contributed by atoms with Gasteiger partial charge < -0.3 is 20.3 Å². The third-order valence-corrected chi connectivity index (χ3v) is 4.18. The van der Waals surface area contributed by atoms with Crippen LogP contribution in [0.25, 0.3) is 11.3 Å². The Kier molecular flexibility index (Phi) is 5.25. The number of aliphatic hydroxyl groups excluding tert-OH is 2. The summed E-state index contributed by atoms with van der Waals surface area (Å²) in [4.78, 5) is 12.7. The first-order chi connectivity index (χ1) is 11.5. The number of aromatic nitrogens is 3. The fourth-order valence-electron chi connectivity index (χ4n) is 2.51.